The van der Waals surface area contributed by atoms with E-state index in [0.717, 1.165) is 50.6 Å². The summed E-state index contributed by atoms with van der Waals surface area (Å²) in [6.45, 7) is 2.71. The molecule has 2 rings (SSSR count). The number of hydroxylamine groups is 1. The van der Waals surface area contributed by atoms with Gasteiger partial charge in [-0.2, -0.15) is 5.48 Å². The highest BCUT2D eigenvalue weighted by Gasteiger charge is 2.45. The molecule has 1 heterocycles. The summed E-state index contributed by atoms with van der Waals surface area (Å²) in [6.07, 6.45) is 4.46. The molecule has 1 atom stereocenters. The number of aldehydes is 1. The van der Waals surface area contributed by atoms with Crippen LogP contribution in [0.25, 0.3) is 0 Å². The van der Waals surface area contributed by atoms with Gasteiger partial charge in [0.2, 0.25) is 0 Å². The number of likely N-dealkylation sites (tertiary alicyclic amines) is 1. The molecule has 0 saturated carbocycles. The molecule has 0 radical (unpaired) electrons. The molecular formula is C19H30N4O3. The Morgan fingerprint density at radius 1 is 1.31 bits per heavy atom. The fourth-order valence-electron chi connectivity index (χ4n) is 3.32. The third-order valence-corrected chi connectivity index (χ3v) is 4.90. The fourth-order valence-corrected chi connectivity index (χ4v) is 3.32. The maximum absolute atomic E-state index is 12.6. The Balaban J connectivity index is 2.11. The lowest BCUT2D eigenvalue weighted by molar-refractivity contribution is -0.129. The largest absolute Gasteiger partial charge is 0.430 e. The maximum atomic E-state index is 12.6. The number of carbonyl (C=O) groups is 2. The number of nitrogens with two attached hydrogens (primary N) is 1. The van der Waals surface area contributed by atoms with Crippen LogP contribution in [-0.2, 0) is 16.1 Å². The van der Waals surface area contributed by atoms with Crippen molar-refractivity contribution in [3.05, 3.63) is 35.9 Å². The molecule has 0 bridgehead atoms. The highest BCUT2D eigenvalue weighted by Crippen LogP contribution is 2.27. The number of carbonyl (C=O) groups excluding carboxylic acids is 2. The van der Waals surface area contributed by atoms with Gasteiger partial charge in [-0.3, -0.25) is 14.6 Å². The Labute approximate surface area is 155 Å². The molecule has 1 amide bonds. The highest BCUT2D eigenvalue weighted by molar-refractivity contribution is 5.76. The van der Waals surface area contributed by atoms with E-state index >= 15 is 0 Å². The number of nitrogens with one attached hydrogen (secondary N) is 1. The van der Waals surface area contributed by atoms with E-state index in [-0.39, 0.29) is 0 Å². The number of amides is 1. The van der Waals surface area contributed by atoms with E-state index in [2.05, 4.69) is 10.4 Å². The van der Waals surface area contributed by atoms with Crippen LogP contribution < -0.4 is 11.2 Å². The molecule has 7 nitrogen and oxygen atoms in total. The van der Waals surface area contributed by atoms with Crippen molar-refractivity contribution in [3.8, 4) is 0 Å². The highest BCUT2D eigenvalue weighted by atomic mass is 16.7. The van der Waals surface area contributed by atoms with E-state index in [0.29, 0.717) is 19.5 Å². The van der Waals surface area contributed by atoms with Crippen molar-refractivity contribution in [2.75, 3.05) is 33.2 Å². The molecule has 26 heavy (non-hydrogen) atoms. The Kier molecular flexibility index (Phi) is 8.03. The number of hydrogen-bond acceptors (Lipinski definition) is 6. The molecule has 1 aliphatic rings. The van der Waals surface area contributed by atoms with Gasteiger partial charge in [0.15, 0.2) is 11.9 Å². The first-order valence-electron chi connectivity index (χ1n) is 9.27. The normalized spacial score (nSPS) is 16.8. The Morgan fingerprint density at radius 2 is 2.00 bits per heavy atom. The number of unbranched alkanes of at least 4 members (excludes halogenated alkanes) is 1. The van der Waals surface area contributed by atoms with Crippen LogP contribution >= 0.6 is 0 Å². The van der Waals surface area contributed by atoms with E-state index < -0.39 is 11.8 Å². The molecular weight excluding hydrogens is 332 g/mol. The molecule has 7 heteroatoms. The average molecular weight is 362 g/mol. The van der Waals surface area contributed by atoms with E-state index in [1.807, 2.05) is 30.3 Å². The minimum atomic E-state index is -1.05. The molecule has 1 saturated heterocycles. The zero-order valence-corrected chi connectivity index (χ0v) is 15.5. The summed E-state index contributed by atoms with van der Waals surface area (Å²) in [5, 5.41) is 0. The summed E-state index contributed by atoms with van der Waals surface area (Å²) in [5.74, 6) is 0. The Morgan fingerprint density at radius 3 is 2.62 bits per heavy atom. The van der Waals surface area contributed by atoms with Crippen LogP contribution in [-0.4, -0.2) is 61.1 Å². The van der Waals surface area contributed by atoms with Crippen LogP contribution in [0.1, 0.15) is 31.2 Å². The first kappa shape index (κ1) is 20.4. The first-order chi connectivity index (χ1) is 12.6. The van der Waals surface area contributed by atoms with Gasteiger partial charge in [-0.25, -0.2) is 4.79 Å². The van der Waals surface area contributed by atoms with Gasteiger partial charge >= 0.3 is 6.09 Å². The van der Waals surface area contributed by atoms with Crippen molar-refractivity contribution < 1.29 is 14.4 Å². The van der Waals surface area contributed by atoms with Crippen molar-refractivity contribution >= 4 is 12.4 Å². The summed E-state index contributed by atoms with van der Waals surface area (Å²) in [7, 11) is 1.62. The van der Waals surface area contributed by atoms with Crippen LogP contribution in [0, 0.1) is 0 Å². The lowest BCUT2D eigenvalue weighted by Gasteiger charge is -2.43. The number of rotatable bonds is 10. The van der Waals surface area contributed by atoms with Gasteiger partial charge in [0.1, 0.15) is 0 Å². The molecule has 1 aromatic carbocycles. The van der Waals surface area contributed by atoms with Crippen molar-refractivity contribution in [1.29, 1.82) is 0 Å². The van der Waals surface area contributed by atoms with Crippen molar-refractivity contribution in [2.24, 2.45) is 5.73 Å². The molecule has 3 N–H and O–H groups in total. The zero-order chi connectivity index (χ0) is 18.8. The zero-order valence-electron chi connectivity index (χ0n) is 15.5. The van der Waals surface area contributed by atoms with Crippen molar-refractivity contribution in [3.63, 3.8) is 0 Å². The molecule has 1 unspecified atom stereocenters. The third kappa shape index (κ3) is 5.03. The number of hydrogen-bond donors (Lipinski definition) is 2. The fraction of sp³-hybridized carbons (Fsp3) is 0.579. The van der Waals surface area contributed by atoms with Crippen LogP contribution in [0.2, 0.25) is 0 Å². The quantitative estimate of drug-likeness (QED) is 0.373. The van der Waals surface area contributed by atoms with Crippen LogP contribution in [0.3, 0.4) is 0 Å². The summed E-state index contributed by atoms with van der Waals surface area (Å²) in [4.78, 5) is 33.5. The average Bonchev–Trinajstić information content (AvgIpc) is 3.21. The summed E-state index contributed by atoms with van der Waals surface area (Å²) in [6, 6.07) is 9.75. The lowest BCUT2D eigenvalue weighted by atomic mass is 9.98. The van der Waals surface area contributed by atoms with Gasteiger partial charge in [0.05, 0.1) is 0 Å². The van der Waals surface area contributed by atoms with Crippen molar-refractivity contribution in [2.45, 2.75) is 37.8 Å². The van der Waals surface area contributed by atoms with Gasteiger partial charge in [-0.05, 0) is 37.8 Å². The first-order valence-corrected chi connectivity index (χ1v) is 9.27. The minimum absolute atomic E-state index is 0.427. The maximum Gasteiger partial charge on any atom is 0.430 e. The summed E-state index contributed by atoms with van der Waals surface area (Å²) >= 11 is 0. The second kappa shape index (κ2) is 10.3. The SMILES string of the molecule is CN(C(=O)ONCCCCN)C(C=O)(Cc1ccccc1)N1CCCC1. The molecule has 1 aromatic rings. The van der Waals surface area contributed by atoms with Crippen LogP contribution in [0.4, 0.5) is 4.79 Å². The number of benzene rings is 1. The van der Waals surface area contributed by atoms with Crippen molar-refractivity contribution in [1.82, 2.24) is 15.3 Å². The van der Waals surface area contributed by atoms with E-state index in [4.69, 9.17) is 10.6 Å². The molecule has 1 aliphatic heterocycles. The third-order valence-electron chi connectivity index (χ3n) is 4.90. The van der Waals surface area contributed by atoms with Gasteiger partial charge in [0.25, 0.3) is 0 Å². The standard InChI is InChI=1S/C19H30N4O3/c1-22(18(25)26-21-12-6-5-11-20)19(16-24,23-13-7-8-14-23)15-17-9-3-2-4-10-17/h2-4,9-10,16,21H,5-8,11-15,20H2,1H3. The van der Waals surface area contributed by atoms with Gasteiger partial charge in [0, 0.05) is 33.1 Å². The smallest absolute Gasteiger partial charge is 0.354 e. The molecule has 0 spiro atoms. The number of likely N-dealkylation sites (N-methyl/N-ethyl adjacent to an activating group) is 1. The van der Waals surface area contributed by atoms with Crippen LogP contribution in [0.5, 0.6) is 0 Å². The molecule has 144 valence electrons. The van der Waals surface area contributed by atoms with Crippen LogP contribution in [0.15, 0.2) is 30.3 Å². The monoisotopic (exact) mass is 362 g/mol. The topological polar surface area (TPSA) is 87.9 Å². The predicted molar refractivity (Wildman–Crippen MR) is 100 cm³/mol. The van der Waals surface area contributed by atoms with Gasteiger partial charge in [-0.15, -0.1) is 0 Å². The second-order valence-electron chi connectivity index (χ2n) is 6.67. The molecule has 1 fully saturated rings. The number of nitrogens with zero attached hydrogens (tertiary/aromatic N) is 2. The molecule has 0 aliphatic carbocycles. The van der Waals surface area contributed by atoms with Gasteiger partial charge in [-0.1, -0.05) is 30.3 Å². The van der Waals surface area contributed by atoms with E-state index in [1.54, 1.807) is 7.05 Å². The summed E-state index contributed by atoms with van der Waals surface area (Å²) in [5.41, 5.74) is 8.07. The van der Waals surface area contributed by atoms with E-state index in [9.17, 15) is 9.59 Å². The Bertz CT molecular complexity index is 563. The predicted octanol–water partition coefficient (Wildman–Crippen LogP) is 1.53. The van der Waals surface area contributed by atoms with E-state index in [1.165, 1.54) is 4.90 Å². The minimum Gasteiger partial charge on any atom is -0.354 e. The second-order valence-corrected chi connectivity index (χ2v) is 6.67. The molecule has 0 aromatic heterocycles. The summed E-state index contributed by atoms with van der Waals surface area (Å²) < 4.78 is 0. The lowest BCUT2D eigenvalue weighted by Crippen LogP contribution is -2.63. The van der Waals surface area contributed by atoms with Gasteiger partial charge < -0.3 is 10.6 Å². The Hall–Kier alpha value is -1.96.